The molecule has 7 rings (SSSR count). The van der Waals surface area contributed by atoms with Crippen molar-refractivity contribution >= 4 is 11.6 Å². The highest BCUT2D eigenvalue weighted by molar-refractivity contribution is 6.15. The van der Waals surface area contributed by atoms with Crippen molar-refractivity contribution in [3.8, 4) is 28.9 Å². The van der Waals surface area contributed by atoms with Crippen LogP contribution in [0, 0.1) is 17.1 Å². The molecule has 0 saturated carbocycles. The number of halogens is 1. The van der Waals surface area contributed by atoms with Gasteiger partial charge in [0.2, 0.25) is 17.7 Å². The van der Waals surface area contributed by atoms with Crippen molar-refractivity contribution < 1.29 is 13.9 Å². The number of para-hydroxylation sites is 2. The van der Waals surface area contributed by atoms with Crippen molar-refractivity contribution in [3.63, 3.8) is 0 Å². The number of nitrogens with two attached hydrogens (primary N) is 1. The van der Waals surface area contributed by atoms with E-state index in [1.165, 1.54) is 12.1 Å². The molecule has 41 heavy (non-hydrogen) atoms. The van der Waals surface area contributed by atoms with Crippen LogP contribution in [0.2, 0.25) is 0 Å². The minimum atomic E-state index is -1.62. The summed E-state index contributed by atoms with van der Waals surface area (Å²) in [6, 6.07) is 34.5. The molecule has 0 fully saturated rings. The number of hydrogen-bond acceptors (Lipinski definition) is 5. The van der Waals surface area contributed by atoms with Crippen molar-refractivity contribution in [3.05, 3.63) is 143 Å². The molecule has 7 nitrogen and oxygen atoms in total. The largest absolute Gasteiger partial charge is 0.422 e. The first kappa shape index (κ1) is 24.4. The van der Waals surface area contributed by atoms with E-state index in [2.05, 4.69) is 6.07 Å². The van der Waals surface area contributed by atoms with Gasteiger partial charge in [-0.3, -0.25) is 4.79 Å². The maximum absolute atomic E-state index is 14.9. The highest BCUT2D eigenvalue weighted by Crippen LogP contribution is 2.58. The molecular weight excluding hydrogens is 517 g/mol. The van der Waals surface area contributed by atoms with Crippen LogP contribution >= 0.6 is 0 Å². The number of benzene rings is 4. The van der Waals surface area contributed by atoms with Gasteiger partial charge in [-0.15, -0.1) is 0 Å². The number of carbonyl (C=O) groups is 1. The normalized spacial score (nSPS) is 17.3. The summed E-state index contributed by atoms with van der Waals surface area (Å²) in [6.45, 7) is 0.167. The zero-order valence-electron chi connectivity index (χ0n) is 21.7. The van der Waals surface area contributed by atoms with Crippen molar-refractivity contribution in [2.75, 3.05) is 4.90 Å². The van der Waals surface area contributed by atoms with E-state index in [-0.39, 0.29) is 35.6 Å². The number of nitrogens with zero attached hydrogens (tertiary/aromatic N) is 4. The fourth-order valence-electron chi connectivity index (χ4n) is 5.85. The van der Waals surface area contributed by atoms with Crippen LogP contribution in [0.25, 0.3) is 16.9 Å². The number of ether oxygens (including phenoxy) is 1. The van der Waals surface area contributed by atoms with Crippen molar-refractivity contribution in [1.82, 2.24) is 9.78 Å². The van der Waals surface area contributed by atoms with Gasteiger partial charge in [0.1, 0.15) is 28.6 Å². The molecule has 1 aromatic heterocycles. The summed E-state index contributed by atoms with van der Waals surface area (Å²) in [5.41, 5.74) is 9.19. The van der Waals surface area contributed by atoms with Gasteiger partial charge in [0.05, 0.1) is 17.8 Å². The van der Waals surface area contributed by atoms with Crippen LogP contribution in [0.5, 0.6) is 5.88 Å². The number of fused-ring (bicyclic) bond motifs is 4. The van der Waals surface area contributed by atoms with E-state index in [0.29, 0.717) is 28.2 Å². The standard InChI is InChI=1S/C33H22FN5O2/c34-23-17-15-21(16-18-23)20-38-27-14-8-7-13-25(27)33(32(38)40)26(19-35)30(36)41-31-28(33)29(22-9-3-1-4-10-22)37-39(31)24-11-5-2-6-12-24/h1-18H,20,36H2. The zero-order chi connectivity index (χ0) is 28.1. The highest BCUT2D eigenvalue weighted by Gasteiger charge is 2.61. The van der Waals surface area contributed by atoms with E-state index in [0.717, 1.165) is 11.1 Å². The van der Waals surface area contributed by atoms with Gasteiger partial charge >= 0.3 is 0 Å². The van der Waals surface area contributed by atoms with Gasteiger partial charge in [0, 0.05) is 16.8 Å². The second-order valence-electron chi connectivity index (χ2n) is 9.88. The smallest absolute Gasteiger partial charge is 0.248 e. The summed E-state index contributed by atoms with van der Waals surface area (Å²) >= 11 is 0. The Morgan fingerprint density at radius 2 is 1.56 bits per heavy atom. The molecule has 2 aliphatic rings. The Morgan fingerprint density at radius 1 is 0.902 bits per heavy atom. The quantitative estimate of drug-likeness (QED) is 0.321. The third kappa shape index (κ3) is 3.49. The minimum Gasteiger partial charge on any atom is -0.422 e. The Bertz CT molecular complexity index is 1890. The number of amides is 1. The molecule has 2 aliphatic heterocycles. The second kappa shape index (κ2) is 9.21. The third-order valence-electron chi connectivity index (χ3n) is 7.62. The summed E-state index contributed by atoms with van der Waals surface area (Å²) < 4.78 is 21.5. The molecule has 198 valence electrons. The fourth-order valence-corrected chi connectivity index (χ4v) is 5.85. The lowest BCUT2D eigenvalue weighted by atomic mass is 9.68. The third-order valence-corrected chi connectivity index (χ3v) is 7.62. The lowest BCUT2D eigenvalue weighted by Crippen LogP contribution is -2.46. The maximum Gasteiger partial charge on any atom is 0.248 e. The number of aromatic nitrogens is 2. The molecule has 0 aliphatic carbocycles. The molecule has 1 amide bonds. The lowest BCUT2D eigenvalue weighted by molar-refractivity contribution is -0.121. The Morgan fingerprint density at radius 3 is 2.27 bits per heavy atom. The lowest BCUT2D eigenvalue weighted by Gasteiger charge is -2.33. The molecule has 1 unspecified atom stereocenters. The van der Waals surface area contributed by atoms with Gasteiger partial charge in [-0.1, -0.05) is 78.9 Å². The van der Waals surface area contributed by atoms with Crippen LogP contribution in [0.4, 0.5) is 10.1 Å². The number of rotatable bonds is 4. The number of anilines is 1. The van der Waals surface area contributed by atoms with Crippen LogP contribution < -0.4 is 15.4 Å². The SMILES string of the molecule is N#CC1=C(N)Oc2c(c(-c3ccccc3)nn2-c2ccccc2)C12C(=O)N(Cc1ccc(F)cc1)c1ccccc12. The number of nitriles is 1. The van der Waals surface area contributed by atoms with Gasteiger partial charge in [-0.2, -0.15) is 15.0 Å². The van der Waals surface area contributed by atoms with E-state index < -0.39 is 5.41 Å². The Kier molecular flexibility index (Phi) is 5.47. The van der Waals surface area contributed by atoms with E-state index in [1.807, 2.05) is 84.9 Å². The average Bonchev–Trinajstić information content (AvgIpc) is 3.50. The Balaban J connectivity index is 1.55. The minimum absolute atomic E-state index is 0.00570. The number of carbonyl (C=O) groups excluding carboxylic acids is 1. The van der Waals surface area contributed by atoms with E-state index in [4.69, 9.17) is 15.6 Å². The Labute approximate surface area is 235 Å². The summed E-state index contributed by atoms with van der Waals surface area (Å²) in [7, 11) is 0. The highest BCUT2D eigenvalue weighted by atomic mass is 19.1. The van der Waals surface area contributed by atoms with Crippen molar-refractivity contribution in [2.45, 2.75) is 12.0 Å². The molecule has 1 spiro atoms. The molecule has 0 bridgehead atoms. The zero-order valence-corrected chi connectivity index (χ0v) is 21.7. The summed E-state index contributed by atoms with van der Waals surface area (Å²) in [5, 5.41) is 15.5. The first-order valence-corrected chi connectivity index (χ1v) is 13.0. The molecule has 1 atom stereocenters. The second-order valence-corrected chi connectivity index (χ2v) is 9.88. The van der Waals surface area contributed by atoms with Gasteiger partial charge in [0.15, 0.2) is 0 Å². The fraction of sp³-hybridized carbons (Fsp3) is 0.0606. The first-order chi connectivity index (χ1) is 20.0. The molecule has 8 heteroatoms. The van der Waals surface area contributed by atoms with Crippen LogP contribution in [-0.2, 0) is 16.8 Å². The van der Waals surface area contributed by atoms with Gasteiger partial charge in [-0.05, 0) is 35.9 Å². The predicted octanol–water partition coefficient (Wildman–Crippen LogP) is 5.60. The molecule has 0 saturated heterocycles. The maximum atomic E-state index is 14.9. The monoisotopic (exact) mass is 539 g/mol. The average molecular weight is 540 g/mol. The van der Waals surface area contributed by atoms with E-state index >= 15 is 0 Å². The predicted molar refractivity (Wildman–Crippen MR) is 151 cm³/mol. The van der Waals surface area contributed by atoms with E-state index in [9.17, 15) is 14.4 Å². The van der Waals surface area contributed by atoms with Gasteiger partial charge in [0.25, 0.3) is 0 Å². The van der Waals surface area contributed by atoms with Crippen LogP contribution in [-0.4, -0.2) is 15.7 Å². The molecule has 3 heterocycles. The van der Waals surface area contributed by atoms with Crippen molar-refractivity contribution in [2.24, 2.45) is 5.73 Å². The molecule has 5 aromatic rings. The van der Waals surface area contributed by atoms with Gasteiger partial charge in [-0.25, -0.2) is 4.39 Å². The molecule has 4 aromatic carbocycles. The molecule has 2 N–H and O–H groups in total. The summed E-state index contributed by atoms with van der Waals surface area (Å²) in [5.74, 6) is -0.630. The topological polar surface area (TPSA) is 97.2 Å². The van der Waals surface area contributed by atoms with Crippen LogP contribution in [0.15, 0.2) is 121 Å². The van der Waals surface area contributed by atoms with Crippen LogP contribution in [0.1, 0.15) is 16.7 Å². The van der Waals surface area contributed by atoms with Gasteiger partial charge < -0.3 is 15.4 Å². The Hall–Kier alpha value is -5.68. The molecule has 0 radical (unpaired) electrons. The number of hydrogen-bond donors (Lipinski definition) is 1. The summed E-state index contributed by atoms with van der Waals surface area (Å²) in [6.07, 6.45) is 0. The van der Waals surface area contributed by atoms with Crippen molar-refractivity contribution in [1.29, 1.82) is 5.26 Å². The van der Waals surface area contributed by atoms with E-state index in [1.54, 1.807) is 21.7 Å². The summed E-state index contributed by atoms with van der Waals surface area (Å²) in [4.78, 5) is 16.6. The molecular formula is C33H22FN5O2. The first-order valence-electron chi connectivity index (χ1n) is 13.0. The van der Waals surface area contributed by atoms with Crippen LogP contribution in [0.3, 0.4) is 0 Å².